The summed E-state index contributed by atoms with van der Waals surface area (Å²) < 4.78 is 18.0. The second-order valence-electron chi connectivity index (χ2n) is 5.67. The summed E-state index contributed by atoms with van der Waals surface area (Å²) in [7, 11) is 1.22. The molecule has 1 atom stereocenters. The summed E-state index contributed by atoms with van der Waals surface area (Å²) in [6.07, 6.45) is 1.82. The van der Waals surface area contributed by atoms with Gasteiger partial charge in [-0.3, -0.25) is 4.79 Å². The summed E-state index contributed by atoms with van der Waals surface area (Å²) in [4.78, 5) is 23.7. The average molecular weight is 319 g/mol. The van der Waals surface area contributed by atoms with E-state index in [1.807, 2.05) is 0 Å². The number of nitriles is 1. The fraction of sp³-hybridized carbons (Fsp3) is 0.438. The van der Waals surface area contributed by atoms with Gasteiger partial charge < -0.3 is 15.4 Å². The minimum absolute atomic E-state index is 0.131. The first-order valence-corrected chi connectivity index (χ1v) is 7.23. The number of amides is 1. The SMILES string of the molecule is COC(=O)c1ccc(F)cc1NCC(=O)NC(C)(C#N)C1CC1. The molecule has 122 valence electrons. The van der Waals surface area contributed by atoms with Crippen LogP contribution in [0, 0.1) is 23.1 Å². The van der Waals surface area contributed by atoms with Crippen molar-refractivity contribution in [3.8, 4) is 6.07 Å². The maximum absolute atomic E-state index is 13.3. The van der Waals surface area contributed by atoms with Crippen LogP contribution in [0.25, 0.3) is 0 Å². The molecule has 6 nitrogen and oxygen atoms in total. The van der Waals surface area contributed by atoms with E-state index in [2.05, 4.69) is 21.4 Å². The Morgan fingerprint density at radius 3 is 2.74 bits per heavy atom. The van der Waals surface area contributed by atoms with Crippen LogP contribution < -0.4 is 10.6 Å². The predicted molar refractivity (Wildman–Crippen MR) is 81.1 cm³/mol. The van der Waals surface area contributed by atoms with Gasteiger partial charge in [-0.1, -0.05) is 0 Å². The van der Waals surface area contributed by atoms with E-state index in [9.17, 15) is 19.2 Å². The van der Waals surface area contributed by atoms with Gasteiger partial charge in [-0.2, -0.15) is 5.26 Å². The average Bonchev–Trinajstić information content (AvgIpc) is 3.37. The maximum atomic E-state index is 13.3. The maximum Gasteiger partial charge on any atom is 0.339 e. The number of rotatable bonds is 6. The van der Waals surface area contributed by atoms with Gasteiger partial charge >= 0.3 is 5.97 Å². The third-order valence-electron chi connectivity index (χ3n) is 3.85. The molecule has 2 N–H and O–H groups in total. The van der Waals surface area contributed by atoms with Crippen molar-refractivity contribution in [3.05, 3.63) is 29.6 Å². The van der Waals surface area contributed by atoms with Crippen molar-refractivity contribution < 1.29 is 18.7 Å². The monoisotopic (exact) mass is 319 g/mol. The molecule has 23 heavy (non-hydrogen) atoms. The summed E-state index contributed by atoms with van der Waals surface area (Å²) in [5.74, 6) is -1.41. The number of benzene rings is 1. The third kappa shape index (κ3) is 3.97. The van der Waals surface area contributed by atoms with E-state index in [-0.39, 0.29) is 23.7 Å². The number of hydrogen-bond acceptors (Lipinski definition) is 5. The molecule has 0 bridgehead atoms. The Labute approximate surface area is 133 Å². The first-order valence-electron chi connectivity index (χ1n) is 7.23. The van der Waals surface area contributed by atoms with Gasteiger partial charge in [0.15, 0.2) is 0 Å². The first-order chi connectivity index (χ1) is 10.9. The Hall–Kier alpha value is -2.62. The van der Waals surface area contributed by atoms with Crippen molar-refractivity contribution in [1.29, 1.82) is 5.26 Å². The molecular weight excluding hydrogens is 301 g/mol. The number of ether oxygens (including phenoxy) is 1. The third-order valence-corrected chi connectivity index (χ3v) is 3.85. The molecule has 0 aliphatic heterocycles. The lowest BCUT2D eigenvalue weighted by molar-refractivity contribution is -0.120. The van der Waals surface area contributed by atoms with Crippen LogP contribution in [0.15, 0.2) is 18.2 Å². The number of carbonyl (C=O) groups excluding carboxylic acids is 2. The van der Waals surface area contributed by atoms with Crippen molar-refractivity contribution in [3.63, 3.8) is 0 Å². The van der Waals surface area contributed by atoms with Crippen LogP contribution in [0.3, 0.4) is 0 Å². The summed E-state index contributed by atoms with van der Waals surface area (Å²) in [5.41, 5.74) is -0.602. The van der Waals surface area contributed by atoms with Crippen molar-refractivity contribution in [2.75, 3.05) is 19.0 Å². The van der Waals surface area contributed by atoms with Gasteiger partial charge in [0.25, 0.3) is 0 Å². The molecule has 0 heterocycles. The fourth-order valence-electron chi connectivity index (χ4n) is 2.34. The number of anilines is 1. The minimum Gasteiger partial charge on any atom is -0.465 e. The van der Waals surface area contributed by atoms with Gasteiger partial charge in [-0.25, -0.2) is 9.18 Å². The van der Waals surface area contributed by atoms with E-state index in [1.54, 1.807) is 6.92 Å². The molecule has 1 aromatic rings. The molecule has 0 saturated heterocycles. The Bertz CT molecular complexity index is 667. The molecule has 1 aromatic carbocycles. The zero-order valence-corrected chi connectivity index (χ0v) is 13.0. The predicted octanol–water partition coefficient (Wildman–Crippen LogP) is 1.83. The highest BCUT2D eigenvalue weighted by Gasteiger charge is 2.42. The van der Waals surface area contributed by atoms with Gasteiger partial charge in [0.2, 0.25) is 5.91 Å². The number of carbonyl (C=O) groups is 2. The summed E-state index contributed by atoms with van der Waals surface area (Å²) in [6, 6.07) is 5.66. The number of esters is 1. The topological polar surface area (TPSA) is 91.2 Å². The van der Waals surface area contributed by atoms with Crippen LogP contribution in [-0.2, 0) is 9.53 Å². The highest BCUT2D eigenvalue weighted by molar-refractivity contribution is 5.96. The molecule has 0 spiro atoms. The Morgan fingerprint density at radius 2 is 2.17 bits per heavy atom. The van der Waals surface area contributed by atoms with Crippen LogP contribution in [-0.4, -0.2) is 31.1 Å². The van der Waals surface area contributed by atoms with Gasteiger partial charge in [-0.15, -0.1) is 0 Å². The smallest absolute Gasteiger partial charge is 0.339 e. The molecule has 1 aliphatic carbocycles. The molecule has 0 radical (unpaired) electrons. The second-order valence-corrected chi connectivity index (χ2v) is 5.67. The van der Waals surface area contributed by atoms with Crippen LogP contribution in [0.5, 0.6) is 0 Å². The number of methoxy groups -OCH3 is 1. The lowest BCUT2D eigenvalue weighted by atomic mass is 9.98. The van der Waals surface area contributed by atoms with Crippen LogP contribution in [0.2, 0.25) is 0 Å². The van der Waals surface area contributed by atoms with Crippen molar-refractivity contribution in [1.82, 2.24) is 5.32 Å². The number of halogens is 1. The fourth-order valence-corrected chi connectivity index (χ4v) is 2.34. The lowest BCUT2D eigenvalue weighted by Gasteiger charge is -2.23. The standard InChI is InChI=1S/C16H18FN3O3/c1-16(9-18,10-3-4-10)20-14(21)8-19-13-7-11(17)5-6-12(13)15(22)23-2/h5-7,10,19H,3-4,8H2,1-2H3,(H,20,21). The highest BCUT2D eigenvalue weighted by Crippen LogP contribution is 2.39. The number of nitrogens with zero attached hydrogens (tertiary/aromatic N) is 1. The van der Waals surface area contributed by atoms with Crippen molar-refractivity contribution >= 4 is 17.6 Å². The van der Waals surface area contributed by atoms with Gasteiger partial charge in [0.1, 0.15) is 11.4 Å². The lowest BCUT2D eigenvalue weighted by Crippen LogP contribution is -2.48. The Balaban J connectivity index is 2.03. The van der Waals surface area contributed by atoms with Gasteiger partial charge in [-0.05, 0) is 43.9 Å². The van der Waals surface area contributed by atoms with E-state index >= 15 is 0 Å². The zero-order valence-electron chi connectivity index (χ0n) is 13.0. The zero-order chi connectivity index (χ0) is 17.0. The van der Waals surface area contributed by atoms with E-state index in [1.165, 1.54) is 13.2 Å². The highest BCUT2D eigenvalue weighted by atomic mass is 19.1. The van der Waals surface area contributed by atoms with Crippen LogP contribution >= 0.6 is 0 Å². The van der Waals surface area contributed by atoms with Gasteiger partial charge in [0, 0.05) is 0 Å². The summed E-state index contributed by atoms with van der Waals surface area (Å²) in [6.45, 7) is 1.50. The minimum atomic E-state index is -0.897. The van der Waals surface area contributed by atoms with E-state index in [0.717, 1.165) is 25.0 Å². The Morgan fingerprint density at radius 1 is 1.48 bits per heavy atom. The first kappa shape index (κ1) is 16.7. The summed E-state index contributed by atoms with van der Waals surface area (Å²) in [5, 5.41) is 14.6. The van der Waals surface area contributed by atoms with E-state index in [0.29, 0.717) is 0 Å². The largest absolute Gasteiger partial charge is 0.465 e. The van der Waals surface area contributed by atoms with Gasteiger partial charge in [0.05, 0.1) is 31.0 Å². The molecule has 0 aromatic heterocycles. The molecule has 1 aliphatic rings. The molecular formula is C16H18FN3O3. The van der Waals surface area contributed by atoms with Crippen LogP contribution in [0.1, 0.15) is 30.1 Å². The Kier molecular flexibility index (Phi) is 4.84. The molecule has 1 amide bonds. The van der Waals surface area contributed by atoms with E-state index in [4.69, 9.17) is 0 Å². The normalized spacial score (nSPS) is 15.9. The van der Waals surface area contributed by atoms with Crippen molar-refractivity contribution in [2.24, 2.45) is 5.92 Å². The quantitative estimate of drug-likeness (QED) is 0.781. The second kappa shape index (κ2) is 6.65. The van der Waals surface area contributed by atoms with Crippen molar-refractivity contribution in [2.45, 2.75) is 25.3 Å². The molecule has 1 fully saturated rings. The number of hydrogen-bond donors (Lipinski definition) is 2. The van der Waals surface area contributed by atoms with E-state index < -0.39 is 23.2 Å². The molecule has 7 heteroatoms. The van der Waals surface area contributed by atoms with Crippen LogP contribution in [0.4, 0.5) is 10.1 Å². The molecule has 1 saturated carbocycles. The molecule has 1 unspecified atom stereocenters. The number of nitrogens with one attached hydrogen (secondary N) is 2. The summed E-state index contributed by atoms with van der Waals surface area (Å²) >= 11 is 0. The molecule has 2 rings (SSSR count).